The molecule has 0 saturated heterocycles. The van der Waals surface area contributed by atoms with Gasteiger partial charge in [0.1, 0.15) is 0 Å². The number of hydrogen-bond acceptors (Lipinski definition) is 2. The second-order valence-electron chi connectivity index (χ2n) is 7.36. The third-order valence-corrected chi connectivity index (χ3v) is 4.92. The molecule has 1 heterocycles. The first-order valence-corrected chi connectivity index (χ1v) is 7.57. The zero-order chi connectivity index (χ0) is 14.0. The largest absolute Gasteiger partial charge is 0.330 e. The average Bonchev–Trinajstić information content (AvgIpc) is 2.73. The van der Waals surface area contributed by atoms with Crippen LogP contribution in [0.1, 0.15) is 45.6 Å². The molecule has 3 atom stereocenters. The molecule has 0 radical (unpaired) electrons. The van der Waals surface area contributed by atoms with Crippen molar-refractivity contribution >= 4 is 0 Å². The lowest BCUT2D eigenvalue weighted by atomic mass is 9.64. The summed E-state index contributed by atoms with van der Waals surface area (Å²) in [5.74, 6) is 2.25. The van der Waals surface area contributed by atoms with Crippen LogP contribution < -0.4 is 5.73 Å². The number of nitrogens with two attached hydrogens (primary N) is 1. The normalized spacial score (nSPS) is 28.6. The van der Waals surface area contributed by atoms with Gasteiger partial charge in [-0.1, -0.05) is 20.8 Å². The van der Waals surface area contributed by atoms with E-state index in [1.807, 2.05) is 17.9 Å². The van der Waals surface area contributed by atoms with Crippen molar-refractivity contribution in [1.29, 1.82) is 0 Å². The van der Waals surface area contributed by atoms with Crippen LogP contribution in [0.25, 0.3) is 0 Å². The standard InChI is InChI=1S/C16H29N3/c1-16(2,3)15-6-5-13(9-17)14(8-15)7-12-10-18-19(4)11-12/h10-11,13-15H,5-9,17H2,1-4H3. The van der Waals surface area contributed by atoms with Crippen molar-refractivity contribution < 1.29 is 0 Å². The van der Waals surface area contributed by atoms with Gasteiger partial charge >= 0.3 is 0 Å². The summed E-state index contributed by atoms with van der Waals surface area (Å²) in [4.78, 5) is 0. The van der Waals surface area contributed by atoms with Crippen LogP contribution in [0, 0.1) is 23.2 Å². The highest BCUT2D eigenvalue weighted by atomic mass is 15.2. The second-order valence-corrected chi connectivity index (χ2v) is 7.36. The van der Waals surface area contributed by atoms with Gasteiger partial charge in [-0.3, -0.25) is 4.68 Å². The van der Waals surface area contributed by atoms with Crippen molar-refractivity contribution in [2.45, 2.75) is 46.5 Å². The molecule has 1 aliphatic carbocycles. The zero-order valence-corrected chi connectivity index (χ0v) is 12.9. The molecule has 2 rings (SSSR count). The summed E-state index contributed by atoms with van der Waals surface area (Å²) in [6, 6.07) is 0. The van der Waals surface area contributed by atoms with E-state index in [1.165, 1.54) is 24.8 Å². The van der Waals surface area contributed by atoms with Gasteiger partial charge in [0.2, 0.25) is 0 Å². The number of rotatable bonds is 3. The summed E-state index contributed by atoms with van der Waals surface area (Å²) >= 11 is 0. The fourth-order valence-electron chi connectivity index (χ4n) is 3.55. The lowest BCUT2D eigenvalue weighted by Crippen LogP contribution is -2.36. The smallest absolute Gasteiger partial charge is 0.0521 e. The van der Waals surface area contributed by atoms with Gasteiger partial charge in [-0.25, -0.2) is 0 Å². The van der Waals surface area contributed by atoms with E-state index in [9.17, 15) is 0 Å². The molecule has 3 unspecified atom stereocenters. The second kappa shape index (κ2) is 5.66. The Balaban J connectivity index is 2.05. The minimum atomic E-state index is 0.423. The Morgan fingerprint density at radius 3 is 2.58 bits per heavy atom. The Morgan fingerprint density at radius 1 is 1.32 bits per heavy atom. The lowest BCUT2D eigenvalue weighted by Gasteiger charge is -2.41. The third-order valence-electron chi connectivity index (χ3n) is 4.92. The molecule has 1 fully saturated rings. The minimum Gasteiger partial charge on any atom is -0.330 e. The first kappa shape index (κ1) is 14.6. The molecule has 3 nitrogen and oxygen atoms in total. The summed E-state index contributed by atoms with van der Waals surface area (Å²) in [6.07, 6.45) is 9.25. The van der Waals surface area contributed by atoms with Crippen LogP contribution in [-0.2, 0) is 13.5 Å². The maximum absolute atomic E-state index is 5.99. The fraction of sp³-hybridized carbons (Fsp3) is 0.812. The van der Waals surface area contributed by atoms with Gasteiger partial charge in [-0.05, 0) is 61.0 Å². The molecule has 2 N–H and O–H groups in total. The van der Waals surface area contributed by atoms with E-state index in [0.717, 1.165) is 24.8 Å². The molecule has 1 saturated carbocycles. The number of nitrogens with zero attached hydrogens (tertiary/aromatic N) is 2. The van der Waals surface area contributed by atoms with Crippen molar-refractivity contribution in [3.05, 3.63) is 18.0 Å². The lowest BCUT2D eigenvalue weighted by molar-refractivity contribution is 0.101. The molecule has 0 aliphatic heterocycles. The number of aryl methyl sites for hydroxylation is 1. The van der Waals surface area contributed by atoms with Gasteiger partial charge < -0.3 is 5.73 Å². The topological polar surface area (TPSA) is 43.8 Å². The fourth-order valence-corrected chi connectivity index (χ4v) is 3.55. The molecule has 19 heavy (non-hydrogen) atoms. The van der Waals surface area contributed by atoms with Crippen molar-refractivity contribution in [3.8, 4) is 0 Å². The third kappa shape index (κ3) is 3.59. The van der Waals surface area contributed by atoms with E-state index in [2.05, 4.69) is 32.1 Å². The van der Waals surface area contributed by atoms with E-state index >= 15 is 0 Å². The zero-order valence-electron chi connectivity index (χ0n) is 12.9. The Labute approximate surface area is 117 Å². The van der Waals surface area contributed by atoms with Crippen molar-refractivity contribution in [1.82, 2.24) is 9.78 Å². The maximum Gasteiger partial charge on any atom is 0.0521 e. The highest BCUT2D eigenvalue weighted by Gasteiger charge is 2.35. The molecule has 1 aliphatic rings. The molecule has 1 aromatic heterocycles. The predicted octanol–water partition coefficient (Wildman–Crippen LogP) is 3.00. The van der Waals surface area contributed by atoms with Gasteiger partial charge in [0.25, 0.3) is 0 Å². The Hall–Kier alpha value is -0.830. The highest BCUT2D eigenvalue weighted by Crippen LogP contribution is 2.43. The van der Waals surface area contributed by atoms with Crippen LogP contribution >= 0.6 is 0 Å². The first-order chi connectivity index (χ1) is 8.90. The average molecular weight is 263 g/mol. The van der Waals surface area contributed by atoms with Gasteiger partial charge in [-0.15, -0.1) is 0 Å². The minimum absolute atomic E-state index is 0.423. The highest BCUT2D eigenvalue weighted by molar-refractivity contribution is 5.06. The molecular formula is C16H29N3. The van der Waals surface area contributed by atoms with Crippen molar-refractivity contribution in [2.75, 3.05) is 6.54 Å². The molecular weight excluding hydrogens is 234 g/mol. The van der Waals surface area contributed by atoms with Crippen molar-refractivity contribution in [2.24, 2.45) is 36.0 Å². The summed E-state index contributed by atoms with van der Waals surface area (Å²) in [5.41, 5.74) is 7.77. The molecule has 0 amide bonds. The summed E-state index contributed by atoms with van der Waals surface area (Å²) in [7, 11) is 1.99. The summed E-state index contributed by atoms with van der Waals surface area (Å²) < 4.78 is 1.90. The SMILES string of the molecule is Cn1cc(CC2CC(C(C)(C)C)CCC2CN)cn1. The van der Waals surface area contributed by atoms with Crippen LogP contribution in [0.3, 0.4) is 0 Å². The van der Waals surface area contributed by atoms with E-state index in [-0.39, 0.29) is 0 Å². The predicted molar refractivity (Wildman–Crippen MR) is 79.7 cm³/mol. The quantitative estimate of drug-likeness (QED) is 0.911. The monoisotopic (exact) mass is 263 g/mol. The Morgan fingerprint density at radius 2 is 2.05 bits per heavy atom. The molecule has 3 heteroatoms. The van der Waals surface area contributed by atoms with Gasteiger partial charge in [0.05, 0.1) is 6.20 Å². The van der Waals surface area contributed by atoms with E-state index < -0.39 is 0 Å². The van der Waals surface area contributed by atoms with Crippen LogP contribution in [0.2, 0.25) is 0 Å². The van der Waals surface area contributed by atoms with Gasteiger partial charge in [-0.2, -0.15) is 5.10 Å². The summed E-state index contributed by atoms with van der Waals surface area (Å²) in [5, 5.41) is 4.29. The summed E-state index contributed by atoms with van der Waals surface area (Å²) in [6.45, 7) is 7.96. The number of hydrogen-bond donors (Lipinski definition) is 1. The number of aromatic nitrogens is 2. The van der Waals surface area contributed by atoms with Crippen LogP contribution in [0.15, 0.2) is 12.4 Å². The van der Waals surface area contributed by atoms with Crippen molar-refractivity contribution in [3.63, 3.8) is 0 Å². The first-order valence-electron chi connectivity index (χ1n) is 7.57. The van der Waals surface area contributed by atoms with E-state index in [1.54, 1.807) is 0 Å². The van der Waals surface area contributed by atoms with E-state index in [0.29, 0.717) is 11.3 Å². The molecule has 1 aromatic rings. The van der Waals surface area contributed by atoms with Crippen LogP contribution in [0.4, 0.5) is 0 Å². The van der Waals surface area contributed by atoms with Gasteiger partial charge in [0, 0.05) is 13.2 Å². The molecule has 0 bridgehead atoms. The Bertz CT molecular complexity index is 402. The molecule has 108 valence electrons. The molecule has 0 aromatic carbocycles. The van der Waals surface area contributed by atoms with Gasteiger partial charge in [0.15, 0.2) is 0 Å². The maximum atomic E-state index is 5.99. The van der Waals surface area contributed by atoms with Crippen LogP contribution in [-0.4, -0.2) is 16.3 Å². The molecule has 0 spiro atoms. The Kier molecular flexibility index (Phi) is 4.34. The van der Waals surface area contributed by atoms with Crippen LogP contribution in [0.5, 0.6) is 0 Å². The van der Waals surface area contributed by atoms with E-state index in [4.69, 9.17) is 5.73 Å².